The van der Waals surface area contributed by atoms with Crippen molar-refractivity contribution in [3.05, 3.63) is 41.7 Å². The summed E-state index contributed by atoms with van der Waals surface area (Å²) in [5, 5.41) is 13.6. The van der Waals surface area contributed by atoms with Gasteiger partial charge in [-0.15, -0.1) is 0 Å². The second-order valence-electron chi connectivity index (χ2n) is 6.78. The molecule has 6 nitrogen and oxygen atoms in total. The van der Waals surface area contributed by atoms with E-state index in [1.165, 1.54) is 0 Å². The molecule has 1 aromatic heterocycles. The fourth-order valence-electron chi connectivity index (χ4n) is 3.48. The fraction of sp³-hybridized carbons (Fsp3) is 0.474. The summed E-state index contributed by atoms with van der Waals surface area (Å²) in [5.74, 6) is 0.0550. The molecule has 1 N–H and O–H groups in total. The van der Waals surface area contributed by atoms with E-state index < -0.39 is 0 Å². The van der Waals surface area contributed by atoms with Crippen LogP contribution in [0.4, 0.5) is 0 Å². The molecule has 2 aromatic rings. The topological polar surface area (TPSA) is 61.6 Å². The number of aliphatic hydroxyl groups is 1. The molecule has 1 aliphatic rings. The molecule has 0 unspecified atom stereocenters. The number of hydrogen-bond donors (Lipinski definition) is 1. The van der Waals surface area contributed by atoms with E-state index in [0.29, 0.717) is 25.1 Å². The summed E-state index contributed by atoms with van der Waals surface area (Å²) >= 11 is 0. The van der Waals surface area contributed by atoms with Crippen LogP contribution in [-0.4, -0.2) is 69.9 Å². The highest BCUT2D eigenvalue weighted by Crippen LogP contribution is 2.24. The molecular weight excluding hydrogens is 316 g/mol. The lowest BCUT2D eigenvalue weighted by molar-refractivity contribution is 0.0500. The van der Waals surface area contributed by atoms with Crippen LogP contribution in [0.5, 0.6) is 0 Å². The maximum absolute atomic E-state index is 13.0. The van der Waals surface area contributed by atoms with Crippen LogP contribution in [0.3, 0.4) is 0 Å². The van der Waals surface area contributed by atoms with Crippen molar-refractivity contribution >= 4 is 5.91 Å². The summed E-state index contributed by atoms with van der Waals surface area (Å²) in [6.45, 7) is 4.33. The zero-order chi connectivity index (χ0) is 18.0. The van der Waals surface area contributed by atoms with E-state index in [0.717, 1.165) is 23.4 Å². The number of aromatic nitrogens is 2. The number of nitrogens with zero attached hydrogens (tertiary/aromatic N) is 4. The van der Waals surface area contributed by atoms with Crippen molar-refractivity contribution in [1.29, 1.82) is 0 Å². The first kappa shape index (κ1) is 17.6. The van der Waals surface area contributed by atoms with Gasteiger partial charge in [-0.1, -0.05) is 12.1 Å². The Morgan fingerprint density at radius 2 is 2.12 bits per heavy atom. The SMILES string of the molecule is Cc1nn(C)cc1-c1cccc(C(=O)N2CCN(C)[C@H](CCO)C2)c1. The standard InChI is InChI=1S/C19H26N4O2/c1-14-18(13-22(3)20-14)15-5-4-6-16(11-15)19(25)23-9-8-21(2)17(12-23)7-10-24/h4-6,11,13,17,24H,7-10,12H2,1-3H3/t17-/m1/s1. The zero-order valence-electron chi connectivity index (χ0n) is 15.1. The average molecular weight is 342 g/mol. The van der Waals surface area contributed by atoms with Crippen molar-refractivity contribution in [2.24, 2.45) is 7.05 Å². The molecule has 0 bridgehead atoms. The van der Waals surface area contributed by atoms with Crippen molar-refractivity contribution in [3.8, 4) is 11.1 Å². The molecule has 1 amide bonds. The molecule has 0 radical (unpaired) electrons. The number of likely N-dealkylation sites (N-methyl/N-ethyl adjacent to an activating group) is 1. The summed E-state index contributed by atoms with van der Waals surface area (Å²) in [6, 6.07) is 7.98. The van der Waals surface area contributed by atoms with Crippen LogP contribution in [0.25, 0.3) is 11.1 Å². The Balaban J connectivity index is 1.81. The number of aliphatic hydroxyl groups excluding tert-OH is 1. The number of benzene rings is 1. The third-order valence-electron chi connectivity index (χ3n) is 4.96. The van der Waals surface area contributed by atoms with Gasteiger partial charge in [-0.2, -0.15) is 5.10 Å². The predicted octanol–water partition coefficient (Wildman–Crippen LogP) is 1.53. The van der Waals surface area contributed by atoms with E-state index >= 15 is 0 Å². The largest absolute Gasteiger partial charge is 0.396 e. The van der Waals surface area contributed by atoms with Gasteiger partial charge in [0.1, 0.15) is 0 Å². The maximum atomic E-state index is 13.0. The van der Waals surface area contributed by atoms with Gasteiger partial charge in [-0.3, -0.25) is 14.4 Å². The smallest absolute Gasteiger partial charge is 0.253 e. The van der Waals surface area contributed by atoms with Crippen LogP contribution < -0.4 is 0 Å². The van der Waals surface area contributed by atoms with Gasteiger partial charge in [0.25, 0.3) is 5.91 Å². The van der Waals surface area contributed by atoms with Crippen LogP contribution in [0.15, 0.2) is 30.5 Å². The van der Waals surface area contributed by atoms with Crippen molar-refractivity contribution in [2.45, 2.75) is 19.4 Å². The second-order valence-corrected chi connectivity index (χ2v) is 6.78. The van der Waals surface area contributed by atoms with Gasteiger partial charge >= 0.3 is 0 Å². The summed E-state index contributed by atoms with van der Waals surface area (Å²) in [7, 11) is 3.95. The Morgan fingerprint density at radius 3 is 2.80 bits per heavy atom. The monoisotopic (exact) mass is 342 g/mol. The molecular formula is C19H26N4O2. The van der Waals surface area contributed by atoms with Crippen molar-refractivity contribution < 1.29 is 9.90 Å². The molecule has 0 spiro atoms. The molecule has 0 saturated carbocycles. The van der Waals surface area contributed by atoms with Gasteiger partial charge in [-0.05, 0) is 38.1 Å². The molecule has 134 valence electrons. The van der Waals surface area contributed by atoms with E-state index in [1.807, 2.05) is 56.4 Å². The van der Waals surface area contributed by atoms with Crippen molar-refractivity contribution in [2.75, 3.05) is 33.3 Å². The fourth-order valence-corrected chi connectivity index (χ4v) is 3.48. The molecule has 1 saturated heterocycles. The molecule has 1 aliphatic heterocycles. The highest BCUT2D eigenvalue weighted by molar-refractivity contribution is 5.95. The highest BCUT2D eigenvalue weighted by Gasteiger charge is 2.27. The molecule has 0 aliphatic carbocycles. The van der Waals surface area contributed by atoms with E-state index in [4.69, 9.17) is 0 Å². The third-order valence-corrected chi connectivity index (χ3v) is 4.96. The van der Waals surface area contributed by atoms with Crippen molar-refractivity contribution in [1.82, 2.24) is 19.6 Å². The van der Waals surface area contributed by atoms with Gasteiger partial charge in [0.05, 0.1) is 5.69 Å². The van der Waals surface area contributed by atoms with Gasteiger partial charge in [0, 0.05) is 56.7 Å². The van der Waals surface area contributed by atoms with Crippen LogP contribution in [0.2, 0.25) is 0 Å². The first-order chi connectivity index (χ1) is 12.0. The summed E-state index contributed by atoms with van der Waals surface area (Å²) < 4.78 is 1.79. The third kappa shape index (κ3) is 3.75. The molecule has 2 heterocycles. The van der Waals surface area contributed by atoms with E-state index in [1.54, 1.807) is 4.68 Å². The van der Waals surface area contributed by atoms with Crippen LogP contribution in [0.1, 0.15) is 22.5 Å². The Bertz CT molecular complexity index is 756. The van der Waals surface area contributed by atoms with E-state index in [9.17, 15) is 9.90 Å². The highest BCUT2D eigenvalue weighted by atomic mass is 16.3. The summed E-state index contributed by atoms with van der Waals surface area (Å²) in [6.07, 6.45) is 2.67. The van der Waals surface area contributed by atoms with Crippen LogP contribution >= 0.6 is 0 Å². The van der Waals surface area contributed by atoms with Gasteiger partial charge in [-0.25, -0.2) is 0 Å². The number of amides is 1. The van der Waals surface area contributed by atoms with Crippen LogP contribution in [-0.2, 0) is 7.05 Å². The molecule has 1 atom stereocenters. The number of carbonyl (C=O) groups excluding carboxylic acids is 1. The Labute approximate surface area is 148 Å². The second kappa shape index (κ2) is 7.37. The summed E-state index contributed by atoms with van der Waals surface area (Å²) in [5.41, 5.74) is 3.72. The number of piperazine rings is 1. The minimum atomic E-state index is 0.0550. The Kier molecular flexibility index (Phi) is 5.20. The van der Waals surface area contributed by atoms with E-state index in [2.05, 4.69) is 10.00 Å². The zero-order valence-corrected chi connectivity index (χ0v) is 15.1. The predicted molar refractivity (Wildman–Crippen MR) is 97.4 cm³/mol. The minimum absolute atomic E-state index is 0.0550. The Morgan fingerprint density at radius 1 is 1.32 bits per heavy atom. The molecule has 3 rings (SSSR count). The maximum Gasteiger partial charge on any atom is 0.253 e. The lowest BCUT2D eigenvalue weighted by Gasteiger charge is -2.39. The number of aryl methyl sites for hydroxylation is 2. The molecule has 25 heavy (non-hydrogen) atoms. The van der Waals surface area contributed by atoms with Gasteiger partial charge < -0.3 is 10.0 Å². The summed E-state index contributed by atoms with van der Waals surface area (Å²) in [4.78, 5) is 17.1. The van der Waals surface area contributed by atoms with E-state index in [-0.39, 0.29) is 18.6 Å². The minimum Gasteiger partial charge on any atom is -0.396 e. The Hall–Kier alpha value is -2.18. The van der Waals surface area contributed by atoms with Crippen molar-refractivity contribution in [3.63, 3.8) is 0 Å². The van der Waals surface area contributed by atoms with Crippen LogP contribution in [0, 0.1) is 6.92 Å². The molecule has 1 fully saturated rings. The molecule has 1 aromatic carbocycles. The first-order valence-electron chi connectivity index (χ1n) is 8.70. The average Bonchev–Trinajstić information content (AvgIpc) is 2.95. The quantitative estimate of drug-likeness (QED) is 0.915. The first-order valence-corrected chi connectivity index (χ1v) is 8.70. The lowest BCUT2D eigenvalue weighted by atomic mass is 10.0. The van der Waals surface area contributed by atoms with Gasteiger partial charge in [0.15, 0.2) is 0 Å². The van der Waals surface area contributed by atoms with Gasteiger partial charge in [0.2, 0.25) is 0 Å². The number of rotatable bonds is 4. The normalized spacial score (nSPS) is 18.6. The lowest BCUT2D eigenvalue weighted by Crippen LogP contribution is -2.53. The number of carbonyl (C=O) groups is 1. The molecule has 6 heteroatoms. The number of hydrogen-bond acceptors (Lipinski definition) is 4.